The fraction of sp³-hybridized carbons (Fsp3) is 0.240. The van der Waals surface area contributed by atoms with E-state index in [2.05, 4.69) is 0 Å². The number of amides is 1. The Morgan fingerprint density at radius 2 is 1.47 bits per heavy atom. The molecule has 6 nitrogen and oxygen atoms in total. The molecule has 0 aliphatic carbocycles. The number of hydrogen-bond donors (Lipinski definition) is 0. The number of rotatable bonds is 8. The molecule has 0 aliphatic heterocycles. The van der Waals surface area contributed by atoms with E-state index in [0.717, 1.165) is 21.0 Å². The molecule has 3 aromatic carbocycles. The lowest BCUT2D eigenvalue weighted by atomic mass is 10.1. The Morgan fingerprint density at radius 3 is 2.09 bits per heavy atom. The average Bonchev–Trinajstić information content (AvgIpc) is 2.78. The summed E-state index contributed by atoms with van der Waals surface area (Å²) in [5.41, 5.74) is 3.03. The summed E-state index contributed by atoms with van der Waals surface area (Å²) in [7, 11) is -4.15. The highest BCUT2D eigenvalue weighted by atomic mass is 32.2. The molecule has 0 heterocycles. The van der Waals surface area contributed by atoms with E-state index < -0.39 is 22.5 Å². The summed E-state index contributed by atoms with van der Waals surface area (Å²) in [5, 5.41) is 0. The normalized spacial score (nSPS) is 11.1. The molecule has 0 saturated carbocycles. The van der Waals surface area contributed by atoms with E-state index in [9.17, 15) is 13.2 Å². The molecule has 0 aliphatic rings. The Labute approximate surface area is 189 Å². The molecule has 0 atom stereocenters. The monoisotopic (exact) mass is 453 g/mol. The van der Waals surface area contributed by atoms with Crippen molar-refractivity contribution in [3.63, 3.8) is 0 Å². The summed E-state index contributed by atoms with van der Waals surface area (Å²) in [6.07, 6.45) is 0. The largest absolute Gasteiger partial charge is 0.494 e. The molecule has 1 amide bonds. The van der Waals surface area contributed by atoms with Crippen LogP contribution in [0, 0.1) is 20.8 Å². The number of carbonyl (C=O) groups is 1. The summed E-state index contributed by atoms with van der Waals surface area (Å²) in [6, 6.07) is 18.1. The number of benzene rings is 3. The average molecular weight is 454 g/mol. The van der Waals surface area contributed by atoms with Crippen LogP contribution in [0.25, 0.3) is 0 Å². The number of sulfonamides is 1. The van der Waals surface area contributed by atoms with Gasteiger partial charge in [-0.05, 0) is 80.8 Å². The highest BCUT2D eigenvalue weighted by Crippen LogP contribution is 2.28. The molecule has 0 aromatic heterocycles. The summed E-state index contributed by atoms with van der Waals surface area (Å²) >= 11 is 0. The zero-order valence-corrected chi connectivity index (χ0v) is 19.5. The van der Waals surface area contributed by atoms with Gasteiger partial charge >= 0.3 is 0 Å². The summed E-state index contributed by atoms with van der Waals surface area (Å²) in [6.45, 7) is 7.66. The van der Waals surface area contributed by atoms with Crippen LogP contribution in [-0.2, 0) is 14.8 Å². The van der Waals surface area contributed by atoms with Gasteiger partial charge in [-0.1, -0.05) is 30.3 Å². The van der Waals surface area contributed by atoms with Gasteiger partial charge in [0.2, 0.25) is 0 Å². The van der Waals surface area contributed by atoms with Crippen LogP contribution in [-0.4, -0.2) is 27.5 Å². The van der Waals surface area contributed by atoms with Crippen molar-refractivity contribution >= 4 is 21.6 Å². The third-order valence-corrected chi connectivity index (χ3v) is 6.87. The lowest BCUT2D eigenvalue weighted by Crippen LogP contribution is -2.40. The van der Waals surface area contributed by atoms with Gasteiger partial charge in [0.15, 0.2) is 6.61 Å². The van der Waals surface area contributed by atoms with E-state index in [4.69, 9.17) is 9.47 Å². The topological polar surface area (TPSA) is 72.9 Å². The molecule has 168 valence electrons. The molecule has 3 rings (SSSR count). The van der Waals surface area contributed by atoms with Crippen molar-refractivity contribution in [2.24, 2.45) is 0 Å². The van der Waals surface area contributed by atoms with Gasteiger partial charge in [0.1, 0.15) is 11.5 Å². The number of aryl methyl sites for hydroxylation is 2. The zero-order chi connectivity index (χ0) is 23.3. The summed E-state index contributed by atoms with van der Waals surface area (Å²) in [4.78, 5) is 13.3. The molecule has 0 spiro atoms. The lowest BCUT2D eigenvalue weighted by molar-refractivity contribution is -0.119. The molecule has 0 fully saturated rings. The first-order valence-electron chi connectivity index (χ1n) is 10.3. The van der Waals surface area contributed by atoms with Crippen molar-refractivity contribution < 1.29 is 22.7 Å². The van der Waals surface area contributed by atoms with E-state index in [0.29, 0.717) is 18.1 Å². The highest BCUT2D eigenvalue weighted by Gasteiger charge is 2.31. The summed E-state index contributed by atoms with van der Waals surface area (Å²) < 4.78 is 38.9. The maximum atomic E-state index is 13.4. The van der Waals surface area contributed by atoms with E-state index in [1.165, 1.54) is 12.1 Å². The standard InChI is InChI=1S/C25H27NO5S/c1-5-30-22-15-13-21(14-16-22)26(32(28,29)23-9-7-6-8-10-23)24(27)17-31-25-19(3)12-11-18(2)20(25)4/h6-16H,5,17H2,1-4H3. The first kappa shape index (κ1) is 23.3. The van der Waals surface area contributed by atoms with Crippen LogP contribution < -0.4 is 13.8 Å². The maximum absolute atomic E-state index is 13.4. The fourth-order valence-corrected chi connectivity index (χ4v) is 4.73. The van der Waals surface area contributed by atoms with Crippen LogP contribution in [0.3, 0.4) is 0 Å². The number of anilines is 1. The van der Waals surface area contributed by atoms with E-state index >= 15 is 0 Å². The van der Waals surface area contributed by atoms with Gasteiger partial charge in [0.25, 0.3) is 15.9 Å². The minimum Gasteiger partial charge on any atom is -0.494 e. The Morgan fingerprint density at radius 1 is 0.844 bits per heavy atom. The van der Waals surface area contributed by atoms with Gasteiger partial charge in [-0.3, -0.25) is 4.79 Å². The highest BCUT2D eigenvalue weighted by molar-refractivity contribution is 7.93. The van der Waals surface area contributed by atoms with E-state index in [-0.39, 0.29) is 10.6 Å². The van der Waals surface area contributed by atoms with Gasteiger partial charge < -0.3 is 9.47 Å². The molecule has 32 heavy (non-hydrogen) atoms. The predicted molar refractivity (Wildman–Crippen MR) is 125 cm³/mol. The Balaban J connectivity index is 1.97. The quantitative estimate of drug-likeness (QED) is 0.489. The molecule has 0 unspecified atom stereocenters. The lowest BCUT2D eigenvalue weighted by Gasteiger charge is -2.23. The number of ether oxygens (including phenoxy) is 2. The molecule has 0 bridgehead atoms. The second-order valence-electron chi connectivity index (χ2n) is 7.35. The van der Waals surface area contributed by atoms with Crippen LogP contribution >= 0.6 is 0 Å². The van der Waals surface area contributed by atoms with Gasteiger partial charge in [0, 0.05) is 0 Å². The molecular weight excluding hydrogens is 426 g/mol. The second-order valence-corrected chi connectivity index (χ2v) is 9.13. The van der Waals surface area contributed by atoms with E-state index in [1.54, 1.807) is 42.5 Å². The molecule has 0 saturated heterocycles. The predicted octanol–water partition coefficient (Wildman–Crippen LogP) is 4.81. The zero-order valence-electron chi connectivity index (χ0n) is 18.7. The molecule has 7 heteroatoms. The van der Waals surface area contributed by atoms with Crippen LogP contribution in [0.4, 0.5) is 5.69 Å². The van der Waals surface area contributed by atoms with Crippen molar-refractivity contribution in [1.29, 1.82) is 0 Å². The van der Waals surface area contributed by atoms with Gasteiger partial charge in [-0.15, -0.1) is 0 Å². The van der Waals surface area contributed by atoms with Crippen molar-refractivity contribution in [3.05, 3.63) is 83.4 Å². The second kappa shape index (κ2) is 9.87. The van der Waals surface area contributed by atoms with Gasteiger partial charge in [-0.2, -0.15) is 4.31 Å². The summed E-state index contributed by atoms with van der Waals surface area (Å²) in [5.74, 6) is 0.475. The van der Waals surface area contributed by atoms with Crippen LogP contribution in [0.15, 0.2) is 71.6 Å². The number of hydrogen-bond acceptors (Lipinski definition) is 5. The molecule has 0 N–H and O–H groups in total. The minimum absolute atomic E-state index is 0.0187. The van der Waals surface area contributed by atoms with Gasteiger partial charge in [0.05, 0.1) is 17.2 Å². The van der Waals surface area contributed by atoms with Crippen LogP contribution in [0.2, 0.25) is 0 Å². The molecule has 0 radical (unpaired) electrons. The van der Waals surface area contributed by atoms with Crippen LogP contribution in [0.5, 0.6) is 11.5 Å². The Hall–Kier alpha value is -3.32. The number of carbonyl (C=O) groups excluding carboxylic acids is 1. The Kier molecular flexibility index (Phi) is 7.20. The van der Waals surface area contributed by atoms with Crippen molar-refractivity contribution in [2.45, 2.75) is 32.6 Å². The van der Waals surface area contributed by atoms with Crippen LogP contribution in [0.1, 0.15) is 23.6 Å². The SMILES string of the molecule is CCOc1ccc(N(C(=O)COc2c(C)ccc(C)c2C)S(=O)(=O)c2ccccc2)cc1. The van der Waals surface area contributed by atoms with E-state index in [1.807, 2.05) is 39.8 Å². The number of nitrogens with zero attached hydrogens (tertiary/aromatic N) is 1. The fourth-order valence-electron chi connectivity index (χ4n) is 3.30. The third-order valence-electron chi connectivity index (χ3n) is 5.10. The Bertz CT molecular complexity index is 1190. The minimum atomic E-state index is -4.15. The van der Waals surface area contributed by atoms with Crippen molar-refractivity contribution in [1.82, 2.24) is 0 Å². The van der Waals surface area contributed by atoms with Gasteiger partial charge in [-0.25, -0.2) is 8.42 Å². The van der Waals surface area contributed by atoms with Crippen molar-refractivity contribution in [2.75, 3.05) is 17.5 Å². The first-order valence-corrected chi connectivity index (χ1v) is 11.8. The molecule has 3 aromatic rings. The van der Waals surface area contributed by atoms with Crippen molar-refractivity contribution in [3.8, 4) is 11.5 Å². The third kappa shape index (κ3) is 4.94. The maximum Gasteiger partial charge on any atom is 0.278 e. The smallest absolute Gasteiger partial charge is 0.278 e. The molecular formula is C25H27NO5S. The first-order chi connectivity index (χ1) is 15.3.